The first kappa shape index (κ1) is 19.7. The van der Waals surface area contributed by atoms with E-state index in [4.69, 9.17) is 9.72 Å². The molecule has 0 unspecified atom stereocenters. The van der Waals surface area contributed by atoms with Gasteiger partial charge in [-0.1, -0.05) is 0 Å². The van der Waals surface area contributed by atoms with Gasteiger partial charge in [0.25, 0.3) is 0 Å². The van der Waals surface area contributed by atoms with Crippen LogP contribution in [-0.4, -0.2) is 44.8 Å². The third-order valence-corrected chi connectivity index (χ3v) is 4.94. The second-order valence-corrected chi connectivity index (χ2v) is 7.10. The molecule has 0 saturated heterocycles. The monoisotopic (exact) mass is 382 g/mol. The number of pyridine rings is 1. The standard InChI is InChI=1S/C20H26N6O2/c1-12(2)26-19-17(11-23-26)13(3)16(14(4)24-19)7-8-18(27)25(5)20-21-9-15(28-6)10-22-20/h9-12H,7-8H2,1-6H3. The first-order chi connectivity index (χ1) is 13.3. The second kappa shape index (κ2) is 7.92. The lowest BCUT2D eigenvalue weighted by Crippen LogP contribution is -2.28. The fourth-order valence-corrected chi connectivity index (χ4v) is 3.24. The number of amides is 1. The van der Waals surface area contributed by atoms with Crippen molar-refractivity contribution in [2.75, 3.05) is 19.1 Å². The van der Waals surface area contributed by atoms with E-state index in [0.717, 1.165) is 27.9 Å². The number of fused-ring (bicyclic) bond motifs is 1. The van der Waals surface area contributed by atoms with Crippen LogP contribution in [0.3, 0.4) is 0 Å². The molecule has 0 N–H and O–H groups in total. The van der Waals surface area contributed by atoms with Crippen molar-refractivity contribution in [2.45, 2.75) is 46.6 Å². The molecule has 8 heteroatoms. The normalized spacial score (nSPS) is 11.2. The van der Waals surface area contributed by atoms with Crippen molar-refractivity contribution < 1.29 is 9.53 Å². The Morgan fingerprint density at radius 2 is 1.89 bits per heavy atom. The molecule has 0 spiro atoms. The third-order valence-electron chi connectivity index (χ3n) is 4.94. The van der Waals surface area contributed by atoms with E-state index in [9.17, 15) is 4.79 Å². The molecule has 3 heterocycles. The predicted molar refractivity (Wildman–Crippen MR) is 108 cm³/mol. The smallest absolute Gasteiger partial charge is 0.232 e. The molecule has 0 bridgehead atoms. The molecular formula is C20H26N6O2. The number of ether oxygens (including phenoxy) is 1. The van der Waals surface area contributed by atoms with Gasteiger partial charge in [-0.15, -0.1) is 0 Å². The van der Waals surface area contributed by atoms with E-state index < -0.39 is 0 Å². The molecule has 3 aromatic rings. The number of carbonyl (C=O) groups excluding carboxylic acids is 1. The highest BCUT2D eigenvalue weighted by Crippen LogP contribution is 2.25. The number of rotatable bonds is 6. The summed E-state index contributed by atoms with van der Waals surface area (Å²) in [5.74, 6) is 0.852. The SMILES string of the molecule is COc1cnc(N(C)C(=O)CCc2c(C)nc3c(cnn3C(C)C)c2C)nc1. The molecule has 3 rings (SSSR count). The lowest BCUT2D eigenvalue weighted by Gasteiger charge is -2.16. The largest absolute Gasteiger partial charge is 0.494 e. The quantitative estimate of drug-likeness (QED) is 0.651. The number of aromatic nitrogens is 5. The summed E-state index contributed by atoms with van der Waals surface area (Å²) < 4.78 is 6.98. The maximum absolute atomic E-state index is 12.6. The van der Waals surface area contributed by atoms with Gasteiger partial charge in [-0.25, -0.2) is 19.6 Å². The molecule has 0 aromatic carbocycles. The van der Waals surface area contributed by atoms with Crippen molar-refractivity contribution in [3.63, 3.8) is 0 Å². The van der Waals surface area contributed by atoms with Gasteiger partial charge in [0.2, 0.25) is 11.9 Å². The van der Waals surface area contributed by atoms with Crippen molar-refractivity contribution in [1.29, 1.82) is 0 Å². The number of hydrogen-bond donors (Lipinski definition) is 0. The number of carbonyl (C=O) groups is 1. The van der Waals surface area contributed by atoms with Gasteiger partial charge in [0.05, 0.1) is 25.7 Å². The van der Waals surface area contributed by atoms with E-state index in [1.807, 2.05) is 17.8 Å². The summed E-state index contributed by atoms with van der Waals surface area (Å²) in [6.45, 7) is 8.23. The van der Waals surface area contributed by atoms with E-state index >= 15 is 0 Å². The Kier molecular flexibility index (Phi) is 5.58. The Morgan fingerprint density at radius 3 is 2.50 bits per heavy atom. The molecule has 0 radical (unpaired) electrons. The van der Waals surface area contributed by atoms with Gasteiger partial charge in [0.15, 0.2) is 11.4 Å². The van der Waals surface area contributed by atoms with Crippen molar-refractivity contribution in [2.24, 2.45) is 0 Å². The molecule has 0 fully saturated rings. The Labute approximate surface area is 164 Å². The molecule has 0 aliphatic heterocycles. The first-order valence-electron chi connectivity index (χ1n) is 9.29. The van der Waals surface area contributed by atoms with Crippen LogP contribution in [0.25, 0.3) is 11.0 Å². The minimum Gasteiger partial charge on any atom is -0.494 e. The van der Waals surface area contributed by atoms with E-state index in [0.29, 0.717) is 24.5 Å². The van der Waals surface area contributed by atoms with Crippen LogP contribution in [0.2, 0.25) is 0 Å². The van der Waals surface area contributed by atoms with Crippen LogP contribution in [0.5, 0.6) is 5.75 Å². The average Bonchev–Trinajstić information content (AvgIpc) is 3.11. The summed E-state index contributed by atoms with van der Waals surface area (Å²) in [6, 6.07) is 0.245. The van der Waals surface area contributed by atoms with Crippen LogP contribution >= 0.6 is 0 Å². The molecule has 28 heavy (non-hydrogen) atoms. The summed E-state index contributed by atoms with van der Waals surface area (Å²) in [5, 5.41) is 5.50. The van der Waals surface area contributed by atoms with Crippen LogP contribution in [0.1, 0.15) is 43.1 Å². The number of anilines is 1. The Hall–Kier alpha value is -3.03. The zero-order valence-electron chi connectivity index (χ0n) is 17.2. The summed E-state index contributed by atoms with van der Waals surface area (Å²) in [4.78, 5) is 27.2. The van der Waals surface area contributed by atoms with E-state index in [1.165, 1.54) is 4.90 Å². The highest BCUT2D eigenvalue weighted by atomic mass is 16.5. The van der Waals surface area contributed by atoms with Crippen LogP contribution in [-0.2, 0) is 11.2 Å². The molecule has 0 atom stereocenters. The zero-order chi connectivity index (χ0) is 20.4. The Balaban J connectivity index is 1.78. The van der Waals surface area contributed by atoms with Crippen LogP contribution in [0, 0.1) is 13.8 Å². The summed E-state index contributed by atoms with van der Waals surface area (Å²) in [6.07, 6.45) is 5.90. The molecule has 0 aliphatic carbocycles. The predicted octanol–water partition coefficient (Wildman–Crippen LogP) is 3.02. The average molecular weight is 382 g/mol. The van der Waals surface area contributed by atoms with Crippen LogP contribution in [0.4, 0.5) is 5.95 Å². The number of nitrogens with zero attached hydrogens (tertiary/aromatic N) is 6. The summed E-state index contributed by atoms with van der Waals surface area (Å²) in [7, 11) is 3.23. The van der Waals surface area contributed by atoms with Crippen LogP contribution < -0.4 is 9.64 Å². The number of methoxy groups -OCH3 is 1. The van der Waals surface area contributed by atoms with Gasteiger partial charge in [-0.05, 0) is 45.2 Å². The highest BCUT2D eigenvalue weighted by Gasteiger charge is 2.18. The van der Waals surface area contributed by atoms with Gasteiger partial charge < -0.3 is 4.74 Å². The Bertz CT molecular complexity index is 994. The highest BCUT2D eigenvalue weighted by molar-refractivity contribution is 5.91. The molecule has 3 aromatic heterocycles. The maximum Gasteiger partial charge on any atom is 0.232 e. The van der Waals surface area contributed by atoms with Crippen molar-refractivity contribution in [3.05, 3.63) is 35.4 Å². The van der Waals surface area contributed by atoms with Crippen LogP contribution in [0.15, 0.2) is 18.6 Å². The van der Waals surface area contributed by atoms with Gasteiger partial charge in [0, 0.05) is 30.6 Å². The second-order valence-electron chi connectivity index (χ2n) is 7.10. The van der Waals surface area contributed by atoms with E-state index in [-0.39, 0.29) is 11.9 Å². The van der Waals surface area contributed by atoms with Gasteiger partial charge in [-0.3, -0.25) is 9.69 Å². The number of hydrogen-bond acceptors (Lipinski definition) is 6. The minimum atomic E-state index is -0.0538. The molecule has 0 aliphatic rings. The molecular weight excluding hydrogens is 356 g/mol. The fraction of sp³-hybridized carbons (Fsp3) is 0.450. The summed E-state index contributed by atoms with van der Waals surface area (Å²) in [5.41, 5.74) is 4.05. The lowest BCUT2D eigenvalue weighted by atomic mass is 10.00. The van der Waals surface area contributed by atoms with Gasteiger partial charge in [0.1, 0.15) is 0 Å². The topological polar surface area (TPSA) is 86.0 Å². The van der Waals surface area contributed by atoms with Crippen molar-refractivity contribution >= 4 is 22.9 Å². The molecule has 1 amide bonds. The van der Waals surface area contributed by atoms with E-state index in [1.54, 1.807) is 26.6 Å². The van der Waals surface area contributed by atoms with Gasteiger partial charge >= 0.3 is 0 Å². The maximum atomic E-state index is 12.6. The Morgan fingerprint density at radius 1 is 1.21 bits per heavy atom. The van der Waals surface area contributed by atoms with Crippen molar-refractivity contribution in [3.8, 4) is 5.75 Å². The molecule has 8 nitrogen and oxygen atoms in total. The first-order valence-corrected chi connectivity index (χ1v) is 9.29. The third kappa shape index (κ3) is 3.67. The number of aryl methyl sites for hydroxylation is 2. The zero-order valence-corrected chi connectivity index (χ0v) is 17.2. The van der Waals surface area contributed by atoms with E-state index in [2.05, 4.69) is 35.8 Å². The van der Waals surface area contributed by atoms with Crippen molar-refractivity contribution in [1.82, 2.24) is 24.7 Å². The minimum absolute atomic E-state index is 0.0538. The summed E-state index contributed by atoms with van der Waals surface area (Å²) >= 11 is 0. The lowest BCUT2D eigenvalue weighted by molar-refractivity contribution is -0.118. The van der Waals surface area contributed by atoms with Gasteiger partial charge in [-0.2, -0.15) is 5.10 Å². The molecule has 148 valence electrons. The molecule has 0 saturated carbocycles. The fourth-order valence-electron chi connectivity index (χ4n) is 3.24.